The van der Waals surface area contributed by atoms with Crippen molar-refractivity contribution < 1.29 is 0 Å². The predicted molar refractivity (Wildman–Crippen MR) is 104 cm³/mol. The molecule has 0 aliphatic carbocycles. The monoisotopic (exact) mass is 315 g/mol. The second-order valence-corrected chi connectivity index (χ2v) is 6.65. The maximum Gasteiger partial charge on any atom is 0.0845 e. The van der Waals surface area contributed by atoms with E-state index in [1.165, 1.54) is 22.3 Å². The Morgan fingerprint density at radius 3 is 2.12 bits per heavy atom. The van der Waals surface area contributed by atoms with Crippen LogP contribution < -0.4 is 0 Å². The van der Waals surface area contributed by atoms with Crippen LogP contribution in [0.2, 0.25) is 0 Å². The molecular weight excluding hydrogens is 290 g/mol. The van der Waals surface area contributed by atoms with Crippen molar-refractivity contribution in [3.05, 3.63) is 90.0 Å². The molecule has 24 heavy (non-hydrogen) atoms. The summed E-state index contributed by atoms with van der Waals surface area (Å²) in [6, 6.07) is 21.2. The number of hydrogen-bond acceptors (Lipinski definition) is 1. The van der Waals surface area contributed by atoms with E-state index in [-0.39, 0.29) is 5.54 Å². The average Bonchev–Trinajstić information content (AvgIpc) is 2.88. The van der Waals surface area contributed by atoms with Crippen LogP contribution in [0.15, 0.2) is 83.9 Å². The summed E-state index contributed by atoms with van der Waals surface area (Å²) >= 11 is 0. The van der Waals surface area contributed by atoms with Gasteiger partial charge in [-0.15, -0.1) is 6.58 Å². The van der Waals surface area contributed by atoms with Crippen LogP contribution in [-0.4, -0.2) is 11.3 Å². The second kappa shape index (κ2) is 7.00. The van der Waals surface area contributed by atoms with E-state index in [1.807, 2.05) is 6.08 Å². The Kier molecular flexibility index (Phi) is 4.80. The molecule has 122 valence electrons. The van der Waals surface area contributed by atoms with Crippen LogP contribution in [-0.2, 0) is 0 Å². The highest BCUT2D eigenvalue weighted by molar-refractivity contribution is 6.20. The van der Waals surface area contributed by atoms with Crippen LogP contribution in [0.1, 0.15) is 44.2 Å². The van der Waals surface area contributed by atoms with Crippen molar-refractivity contribution in [2.45, 2.75) is 38.6 Å². The highest BCUT2D eigenvalue weighted by atomic mass is 14.9. The van der Waals surface area contributed by atoms with Gasteiger partial charge in [-0.1, -0.05) is 66.7 Å². The molecule has 0 amide bonds. The van der Waals surface area contributed by atoms with Gasteiger partial charge in [-0.25, -0.2) is 0 Å². The van der Waals surface area contributed by atoms with Gasteiger partial charge in [0, 0.05) is 0 Å². The van der Waals surface area contributed by atoms with E-state index >= 15 is 0 Å². The first-order valence-electron chi connectivity index (χ1n) is 8.69. The Hall–Kier alpha value is -2.41. The molecule has 0 N–H and O–H groups in total. The van der Waals surface area contributed by atoms with E-state index in [0.29, 0.717) is 0 Å². The smallest absolute Gasteiger partial charge is 0.0845 e. The minimum atomic E-state index is -0.167. The number of allylic oxidation sites excluding steroid dienone is 2. The van der Waals surface area contributed by atoms with Crippen molar-refractivity contribution in [2.75, 3.05) is 0 Å². The molecular formula is C23H25N. The zero-order chi connectivity index (χ0) is 17.0. The number of unbranched alkanes of at least 4 members (excludes halogenated alkanes) is 1. The molecule has 1 heterocycles. The lowest BCUT2D eigenvalue weighted by Gasteiger charge is -2.26. The number of hydrogen-bond donors (Lipinski definition) is 0. The maximum atomic E-state index is 5.21. The van der Waals surface area contributed by atoms with Crippen LogP contribution in [0.5, 0.6) is 0 Å². The van der Waals surface area contributed by atoms with Crippen molar-refractivity contribution in [1.82, 2.24) is 0 Å². The number of aliphatic imine (C=N–C) groups is 1. The lowest BCUT2D eigenvalue weighted by Crippen LogP contribution is -2.22. The summed E-state index contributed by atoms with van der Waals surface area (Å²) < 4.78 is 0. The van der Waals surface area contributed by atoms with Crippen LogP contribution in [0.4, 0.5) is 0 Å². The minimum Gasteiger partial charge on any atom is -0.273 e. The first-order valence-corrected chi connectivity index (χ1v) is 8.69. The maximum absolute atomic E-state index is 5.21. The van der Waals surface area contributed by atoms with Gasteiger partial charge in [0.05, 0.1) is 11.3 Å². The summed E-state index contributed by atoms with van der Waals surface area (Å²) in [5.74, 6) is 0. The third kappa shape index (κ3) is 3.12. The molecule has 1 heteroatoms. The fourth-order valence-corrected chi connectivity index (χ4v) is 3.69. The summed E-state index contributed by atoms with van der Waals surface area (Å²) in [6.45, 7) is 8.35. The highest BCUT2D eigenvalue weighted by Gasteiger charge is 2.37. The van der Waals surface area contributed by atoms with E-state index in [0.717, 1.165) is 25.0 Å². The Morgan fingerprint density at radius 1 is 0.958 bits per heavy atom. The molecule has 1 atom stereocenters. The first kappa shape index (κ1) is 16.4. The van der Waals surface area contributed by atoms with Crippen LogP contribution >= 0.6 is 0 Å². The molecule has 1 aliphatic rings. The molecule has 1 aliphatic heterocycles. The fraction of sp³-hybridized carbons (Fsp3) is 0.261. The second-order valence-electron chi connectivity index (χ2n) is 6.65. The normalized spacial score (nSPS) is 20.2. The van der Waals surface area contributed by atoms with Gasteiger partial charge in [0.25, 0.3) is 0 Å². The molecule has 1 nitrogen and oxygen atoms in total. The third-order valence-corrected chi connectivity index (χ3v) is 4.81. The Bertz CT molecular complexity index is 768. The van der Waals surface area contributed by atoms with Crippen molar-refractivity contribution in [2.24, 2.45) is 4.99 Å². The van der Waals surface area contributed by atoms with Crippen molar-refractivity contribution in [3.8, 4) is 0 Å². The van der Waals surface area contributed by atoms with E-state index in [9.17, 15) is 0 Å². The lowest BCUT2D eigenvalue weighted by atomic mass is 9.82. The molecule has 2 aromatic rings. The fourth-order valence-electron chi connectivity index (χ4n) is 3.69. The summed E-state index contributed by atoms with van der Waals surface area (Å²) in [6.07, 6.45) is 5.18. The number of rotatable bonds is 6. The van der Waals surface area contributed by atoms with Gasteiger partial charge in [-0.2, -0.15) is 0 Å². The zero-order valence-electron chi connectivity index (χ0n) is 14.6. The van der Waals surface area contributed by atoms with Crippen LogP contribution in [0, 0.1) is 0 Å². The van der Waals surface area contributed by atoms with Crippen LogP contribution in [0.3, 0.4) is 0 Å². The highest BCUT2D eigenvalue weighted by Crippen LogP contribution is 2.43. The standard InChI is InChI=1S/C23H25N/c1-4-5-12-17-23(3)21(19-13-8-6-9-14-19)18(2)22(24-23)20-15-10-7-11-16-20/h4,6-11,13-16H,1,5,12,17H2,2-3H3. The molecule has 0 saturated heterocycles. The van der Waals surface area contributed by atoms with E-state index in [4.69, 9.17) is 4.99 Å². The minimum absolute atomic E-state index is 0.167. The molecule has 0 bridgehead atoms. The molecule has 1 unspecified atom stereocenters. The summed E-state index contributed by atoms with van der Waals surface area (Å²) in [4.78, 5) is 5.21. The summed E-state index contributed by atoms with van der Waals surface area (Å²) in [5, 5.41) is 0. The van der Waals surface area contributed by atoms with Crippen molar-refractivity contribution >= 4 is 11.3 Å². The topological polar surface area (TPSA) is 12.4 Å². The van der Waals surface area contributed by atoms with Gasteiger partial charge >= 0.3 is 0 Å². The molecule has 0 aromatic heterocycles. The van der Waals surface area contributed by atoms with E-state index in [1.54, 1.807) is 0 Å². The Morgan fingerprint density at radius 2 is 1.54 bits per heavy atom. The number of nitrogens with zero attached hydrogens (tertiary/aromatic N) is 1. The van der Waals surface area contributed by atoms with Crippen LogP contribution in [0.25, 0.3) is 5.57 Å². The SMILES string of the molecule is C=CCCCC1(C)N=C(c2ccccc2)C(C)=C1c1ccccc1. The molecule has 0 saturated carbocycles. The number of benzene rings is 2. The van der Waals surface area contributed by atoms with Gasteiger partial charge < -0.3 is 0 Å². The molecule has 2 aromatic carbocycles. The van der Waals surface area contributed by atoms with E-state index in [2.05, 4.69) is 81.1 Å². The van der Waals surface area contributed by atoms with Crippen molar-refractivity contribution in [3.63, 3.8) is 0 Å². The van der Waals surface area contributed by atoms with Gasteiger partial charge in [0.15, 0.2) is 0 Å². The van der Waals surface area contributed by atoms with E-state index < -0.39 is 0 Å². The largest absolute Gasteiger partial charge is 0.273 e. The lowest BCUT2D eigenvalue weighted by molar-refractivity contribution is 0.538. The molecule has 0 spiro atoms. The summed E-state index contributed by atoms with van der Waals surface area (Å²) in [5.41, 5.74) is 6.12. The third-order valence-electron chi connectivity index (χ3n) is 4.81. The quantitative estimate of drug-likeness (QED) is 0.452. The zero-order valence-corrected chi connectivity index (χ0v) is 14.6. The Labute approximate surface area is 145 Å². The molecule has 3 rings (SSSR count). The van der Waals surface area contributed by atoms with Gasteiger partial charge in [0.1, 0.15) is 0 Å². The predicted octanol–water partition coefficient (Wildman–Crippen LogP) is 6.08. The van der Waals surface area contributed by atoms with Gasteiger partial charge in [-0.3, -0.25) is 4.99 Å². The molecule has 0 radical (unpaired) electrons. The molecule has 0 fully saturated rings. The summed E-state index contributed by atoms with van der Waals surface area (Å²) in [7, 11) is 0. The average molecular weight is 315 g/mol. The van der Waals surface area contributed by atoms with Gasteiger partial charge in [-0.05, 0) is 55.4 Å². The first-order chi connectivity index (χ1) is 11.7. The van der Waals surface area contributed by atoms with Crippen molar-refractivity contribution in [1.29, 1.82) is 0 Å². The van der Waals surface area contributed by atoms with Gasteiger partial charge in [0.2, 0.25) is 0 Å². The Balaban J connectivity index is 2.08.